The van der Waals surface area contributed by atoms with Gasteiger partial charge in [0.05, 0.1) is 22.9 Å². The number of aryl methyl sites for hydroxylation is 2. The monoisotopic (exact) mass is 473 g/mol. The summed E-state index contributed by atoms with van der Waals surface area (Å²) >= 11 is 0. The molecule has 0 heterocycles. The smallest absolute Gasteiger partial charge is 0.271 e. The van der Waals surface area contributed by atoms with E-state index in [1.54, 1.807) is 6.92 Å². The number of benzene rings is 2. The van der Waals surface area contributed by atoms with Gasteiger partial charge < -0.3 is 5.32 Å². The summed E-state index contributed by atoms with van der Waals surface area (Å²) in [5.74, 6) is -0.431. The Labute approximate surface area is 195 Å². The van der Waals surface area contributed by atoms with Crippen molar-refractivity contribution in [2.75, 3.05) is 10.6 Å². The predicted octanol–water partition coefficient (Wildman–Crippen LogP) is 4.29. The third-order valence-electron chi connectivity index (χ3n) is 6.12. The zero-order chi connectivity index (χ0) is 24.2. The van der Waals surface area contributed by atoms with Crippen LogP contribution in [0.1, 0.15) is 62.3 Å². The zero-order valence-electron chi connectivity index (χ0n) is 19.3. The van der Waals surface area contributed by atoms with Gasteiger partial charge in [0.2, 0.25) is 15.9 Å². The molecule has 2 atom stereocenters. The molecule has 0 radical (unpaired) electrons. The molecule has 8 nitrogen and oxygen atoms in total. The van der Waals surface area contributed by atoms with Crippen LogP contribution in [0.3, 0.4) is 0 Å². The molecule has 0 aromatic heterocycles. The quantitative estimate of drug-likeness (QED) is 0.432. The number of anilines is 1. The number of carbonyl (C=O) groups is 1. The standard InChI is InChI=1S/C24H31N3O5S/c1-4-22(19-14-13-17-9-6-7-10-18(17)15-19)25-24(28)23(5-2)26(33(3,31)32)20-11-8-12-21(16-20)27(29)30/h8,11-16,22-23H,4-7,9-10H2,1-3H3,(H,25,28)/t22-,23-/m0/s1. The molecular weight excluding hydrogens is 442 g/mol. The lowest BCUT2D eigenvalue weighted by Crippen LogP contribution is -2.50. The molecule has 1 aliphatic carbocycles. The molecule has 0 saturated heterocycles. The molecule has 1 aliphatic rings. The number of nitrogens with one attached hydrogen (secondary N) is 1. The van der Waals surface area contributed by atoms with Crippen molar-refractivity contribution in [1.82, 2.24) is 5.32 Å². The van der Waals surface area contributed by atoms with Crippen LogP contribution in [0.25, 0.3) is 0 Å². The van der Waals surface area contributed by atoms with Crippen LogP contribution in [0.5, 0.6) is 0 Å². The van der Waals surface area contributed by atoms with Gasteiger partial charge in [0.15, 0.2) is 0 Å². The summed E-state index contributed by atoms with van der Waals surface area (Å²) in [6.07, 6.45) is 6.31. The normalized spacial score (nSPS) is 15.2. The molecular formula is C24H31N3O5S. The van der Waals surface area contributed by atoms with Crippen LogP contribution in [0, 0.1) is 10.1 Å². The van der Waals surface area contributed by atoms with Crippen molar-refractivity contribution in [3.63, 3.8) is 0 Å². The first-order valence-corrected chi connectivity index (χ1v) is 13.2. The average molecular weight is 474 g/mol. The van der Waals surface area contributed by atoms with Gasteiger partial charge in [-0.05, 0) is 61.3 Å². The third-order valence-corrected chi connectivity index (χ3v) is 7.30. The fourth-order valence-corrected chi connectivity index (χ4v) is 5.67. The number of rotatable bonds is 9. The predicted molar refractivity (Wildman–Crippen MR) is 129 cm³/mol. The first-order chi connectivity index (χ1) is 15.7. The highest BCUT2D eigenvalue weighted by Gasteiger charge is 2.33. The van der Waals surface area contributed by atoms with Crippen LogP contribution in [-0.4, -0.2) is 31.5 Å². The Hall–Kier alpha value is -2.94. The van der Waals surface area contributed by atoms with E-state index in [0.29, 0.717) is 6.42 Å². The summed E-state index contributed by atoms with van der Waals surface area (Å²) < 4.78 is 26.3. The number of hydrogen-bond acceptors (Lipinski definition) is 5. The number of fused-ring (bicyclic) bond motifs is 1. The topological polar surface area (TPSA) is 110 Å². The average Bonchev–Trinajstić information content (AvgIpc) is 2.79. The van der Waals surface area contributed by atoms with Crippen molar-refractivity contribution in [3.05, 3.63) is 69.3 Å². The van der Waals surface area contributed by atoms with E-state index >= 15 is 0 Å². The van der Waals surface area contributed by atoms with Crippen LogP contribution < -0.4 is 9.62 Å². The second-order valence-electron chi connectivity index (χ2n) is 8.46. The van der Waals surface area contributed by atoms with Crippen molar-refractivity contribution in [2.24, 2.45) is 0 Å². The summed E-state index contributed by atoms with van der Waals surface area (Å²) in [4.78, 5) is 23.9. The van der Waals surface area contributed by atoms with E-state index < -0.39 is 26.9 Å². The fraction of sp³-hybridized carbons (Fsp3) is 0.458. The molecule has 0 bridgehead atoms. The fourth-order valence-electron chi connectivity index (χ4n) is 4.46. The van der Waals surface area contributed by atoms with Gasteiger partial charge in [-0.3, -0.25) is 19.2 Å². The molecule has 3 rings (SSSR count). The summed E-state index contributed by atoms with van der Waals surface area (Å²) in [7, 11) is -3.89. The lowest BCUT2D eigenvalue weighted by Gasteiger charge is -2.31. The number of sulfonamides is 1. The second kappa shape index (κ2) is 10.3. The van der Waals surface area contributed by atoms with Gasteiger partial charge in [-0.1, -0.05) is 38.1 Å². The lowest BCUT2D eigenvalue weighted by atomic mass is 9.88. The Morgan fingerprint density at radius 3 is 2.39 bits per heavy atom. The highest BCUT2D eigenvalue weighted by molar-refractivity contribution is 7.92. The maximum absolute atomic E-state index is 13.3. The zero-order valence-corrected chi connectivity index (χ0v) is 20.1. The molecule has 0 spiro atoms. The first-order valence-electron chi connectivity index (χ1n) is 11.3. The van der Waals surface area contributed by atoms with Crippen LogP contribution in [-0.2, 0) is 27.7 Å². The minimum absolute atomic E-state index is 0.0931. The number of amides is 1. The Balaban J connectivity index is 1.90. The van der Waals surface area contributed by atoms with Gasteiger partial charge in [0, 0.05) is 12.1 Å². The van der Waals surface area contributed by atoms with E-state index in [4.69, 9.17) is 0 Å². The molecule has 0 fully saturated rings. The van der Waals surface area contributed by atoms with Crippen LogP contribution >= 0.6 is 0 Å². The van der Waals surface area contributed by atoms with Crippen molar-refractivity contribution >= 4 is 27.3 Å². The SMILES string of the molecule is CC[C@H](NC(=O)[C@H](CC)N(c1cccc([N+](=O)[O-])c1)S(C)(=O)=O)c1ccc2c(c1)CCCC2. The molecule has 0 aliphatic heterocycles. The van der Waals surface area contributed by atoms with Gasteiger partial charge in [0.1, 0.15) is 6.04 Å². The Bertz CT molecular complexity index is 1130. The molecule has 33 heavy (non-hydrogen) atoms. The van der Waals surface area contributed by atoms with Gasteiger partial charge in [-0.25, -0.2) is 8.42 Å². The number of nitro groups is 1. The van der Waals surface area contributed by atoms with Crippen LogP contribution in [0.2, 0.25) is 0 Å². The van der Waals surface area contributed by atoms with Crippen molar-refractivity contribution in [1.29, 1.82) is 0 Å². The first kappa shape index (κ1) is 24.7. The lowest BCUT2D eigenvalue weighted by molar-refractivity contribution is -0.384. The van der Waals surface area contributed by atoms with E-state index in [0.717, 1.165) is 35.4 Å². The number of carbonyl (C=O) groups excluding carboxylic acids is 1. The summed E-state index contributed by atoms with van der Waals surface area (Å²) in [6, 6.07) is 10.4. The minimum Gasteiger partial charge on any atom is -0.347 e. The molecule has 178 valence electrons. The van der Waals surface area contributed by atoms with E-state index in [1.165, 1.54) is 41.8 Å². The number of hydrogen-bond donors (Lipinski definition) is 1. The second-order valence-corrected chi connectivity index (χ2v) is 10.3. The van der Waals surface area contributed by atoms with E-state index in [9.17, 15) is 23.3 Å². The van der Waals surface area contributed by atoms with Crippen LogP contribution in [0.4, 0.5) is 11.4 Å². The Kier molecular flexibility index (Phi) is 7.73. The molecule has 0 saturated carbocycles. The largest absolute Gasteiger partial charge is 0.347 e. The molecule has 0 unspecified atom stereocenters. The van der Waals surface area contributed by atoms with Crippen molar-refractivity contribution in [3.8, 4) is 0 Å². The minimum atomic E-state index is -3.89. The Morgan fingerprint density at radius 1 is 1.09 bits per heavy atom. The van der Waals surface area contributed by atoms with E-state index in [2.05, 4.69) is 17.4 Å². The highest BCUT2D eigenvalue weighted by Crippen LogP contribution is 2.29. The summed E-state index contributed by atoms with van der Waals surface area (Å²) in [5.41, 5.74) is 3.52. The maximum Gasteiger partial charge on any atom is 0.271 e. The van der Waals surface area contributed by atoms with Gasteiger partial charge in [0.25, 0.3) is 5.69 Å². The summed E-state index contributed by atoms with van der Waals surface area (Å²) in [5, 5.41) is 14.2. The third kappa shape index (κ3) is 5.71. The molecule has 1 N–H and O–H groups in total. The van der Waals surface area contributed by atoms with Crippen LogP contribution in [0.15, 0.2) is 42.5 Å². The molecule has 1 amide bonds. The number of non-ortho nitro benzene ring substituents is 1. The van der Waals surface area contributed by atoms with Gasteiger partial charge >= 0.3 is 0 Å². The Morgan fingerprint density at radius 2 is 1.79 bits per heavy atom. The van der Waals surface area contributed by atoms with Gasteiger partial charge in [-0.2, -0.15) is 0 Å². The maximum atomic E-state index is 13.3. The van der Waals surface area contributed by atoms with E-state index in [-0.39, 0.29) is 23.8 Å². The van der Waals surface area contributed by atoms with Crippen molar-refractivity contribution < 1.29 is 18.1 Å². The highest BCUT2D eigenvalue weighted by atomic mass is 32.2. The molecule has 2 aromatic carbocycles. The molecule has 2 aromatic rings. The summed E-state index contributed by atoms with van der Waals surface area (Å²) in [6.45, 7) is 3.69. The van der Waals surface area contributed by atoms with Gasteiger partial charge in [-0.15, -0.1) is 0 Å². The number of nitrogens with zero attached hydrogens (tertiary/aromatic N) is 2. The van der Waals surface area contributed by atoms with E-state index in [1.807, 2.05) is 13.0 Å². The molecule has 9 heteroatoms. The number of nitro benzene ring substituents is 1. The van der Waals surface area contributed by atoms with Crippen molar-refractivity contribution in [2.45, 2.75) is 64.5 Å².